The molecule has 8 nitrogen and oxygen atoms in total. The van der Waals surface area contributed by atoms with E-state index in [1.807, 2.05) is 25.8 Å². The molecule has 3 aromatic rings. The number of alkyl halides is 3. The summed E-state index contributed by atoms with van der Waals surface area (Å²) in [6, 6.07) is 8.10. The second kappa shape index (κ2) is 10.5. The van der Waals surface area contributed by atoms with Crippen molar-refractivity contribution in [3.05, 3.63) is 69.9 Å². The van der Waals surface area contributed by atoms with Crippen LogP contribution in [0.25, 0.3) is 11.1 Å². The summed E-state index contributed by atoms with van der Waals surface area (Å²) in [5, 5.41) is 2.56. The van der Waals surface area contributed by atoms with E-state index in [-0.39, 0.29) is 23.3 Å². The molecule has 1 saturated heterocycles. The van der Waals surface area contributed by atoms with E-state index in [1.54, 1.807) is 18.2 Å². The summed E-state index contributed by atoms with van der Waals surface area (Å²) in [6.45, 7) is 5.74. The lowest BCUT2D eigenvalue weighted by Gasteiger charge is -2.44. The van der Waals surface area contributed by atoms with Crippen LogP contribution in [-0.2, 0) is 6.18 Å². The Morgan fingerprint density at radius 1 is 1.02 bits per heavy atom. The number of ether oxygens (including phenoxy) is 2. The van der Waals surface area contributed by atoms with Gasteiger partial charge in [-0.2, -0.15) is 13.2 Å². The van der Waals surface area contributed by atoms with Gasteiger partial charge in [0.2, 0.25) is 5.56 Å². The second-order valence-corrected chi connectivity index (χ2v) is 10.1. The molecule has 2 aromatic carbocycles. The Kier molecular flexibility index (Phi) is 7.21. The van der Waals surface area contributed by atoms with Crippen molar-refractivity contribution in [3.8, 4) is 22.6 Å². The number of piperazine rings is 1. The van der Waals surface area contributed by atoms with Gasteiger partial charge in [-0.3, -0.25) is 14.5 Å². The molecule has 2 atom stereocenters. The molecule has 5 rings (SSSR count). The number of aromatic amines is 1. The first-order valence-electron chi connectivity index (χ1n) is 12.7. The van der Waals surface area contributed by atoms with Crippen LogP contribution in [0.3, 0.4) is 0 Å². The predicted octanol–water partition coefficient (Wildman–Crippen LogP) is 4.75. The highest BCUT2D eigenvalue weighted by Crippen LogP contribution is 2.40. The molecule has 0 unspecified atom stereocenters. The molecular formula is C28H28F4N4O4. The SMILES string of the molecule is C[C@@H]1CN(c2cc(F)c(-c3ccc4c(c3)OCCO4)cc2NC(=O)c2c[nH]c(=O)cc2C(F)(F)F)C[C@H](C)N1C. The van der Waals surface area contributed by atoms with Crippen molar-refractivity contribution in [2.75, 3.05) is 43.6 Å². The van der Waals surface area contributed by atoms with Gasteiger partial charge in [-0.05, 0) is 50.7 Å². The fraction of sp³-hybridized carbons (Fsp3) is 0.357. The quantitative estimate of drug-likeness (QED) is 0.448. The zero-order valence-electron chi connectivity index (χ0n) is 22.1. The van der Waals surface area contributed by atoms with Gasteiger partial charge in [-0.15, -0.1) is 0 Å². The first-order valence-corrected chi connectivity index (χ1v) is 12.7. The Balaban J connectivity index is 1.60. The van der Waals surface area contributed by atoms with Crippen LogP contribution >= 0.6 is 0 Å². The van der Waals surface area contributed by atoms with Gasteiger partial charge >= 0.3 is 6.18 Å². The van der Waals surface area contributed by atoms with E-state index in [9.17, 15) is 22.8 Å². The number of rotatable bonds is 4. The second-order valence-electron chi connectivity index (χ2n) is 10.1. The van der Waals surface area contributed by atoms with Crippen LogP contribution in [0.2, 0.25) is 0 Å². The van der Waals surface area contributed by atoms with Gasteiger partial charge in [0.1, 0.15) is 19.0 Å². The highest BCUT2D eigenvalue weighted by molar-refractivity contribution is 6.07. The molecule has 2 aliphatic heterocycles. The summed E-state index contributed by atoms with van der Waals surface area (Å²) < 4.78 is 67.9. The van der Waals surface area contributed by atoms with Crippen molar-refractivity contribution in [1.29, 1.82) is 0 Å². The third-order valence-corrected chi connectivity index (χ3v) is 7.36. The van der Waals surface area contributed by atoms with Crippen molar-refractivity contribution < 1.29 is 31.8 Å². The molecule has 1 fully saturated rings. The number of H-pyrrole nitrogens is 1. The van der Waals surface area contributed by atoms with E-state index >= 15 is 4.39 Å². The van der Waals surface area contributed by atoms with E-state index in [2.05, 4.69) is 15.2 Å². The van der Waals surface area contributed by atoms with Crippen molar-refractivity contribution >= 4 is 17.3 Å². The number of halogens is 4. The minimum atomic E-state index is -4.94. The topological polar surface area (TPSA) is 86.9 Å². The van der Waals surface area contributed by atoms with Crippen LogP contribution < -0.4 is 25.2 Å². The van der Waals surface area contributed by atoms with E-state index in [0.29, 0.717) is 55.1 Å². The average molecular weight is 561 g/mol. The van der Waals surface area contributed by atoms with Crippen LogP contribution in [0.15, 0.2) is 47.4 Å². The molecule has 1 amide bonds. The number of hydrogen-bond acceptors (Lipinski definition) is 6. The number of nitrogens with zero attached hydrogens (tertiary/aromatic N) is 2. The monoisotopic (exact) mass is 560 g/mol. The molecule has 0 radical (unpaired) electrons. The van der Waals surface area contributed by atoms with Gasteiger partial charge < -0.3 is 24.7 Å². The smallest absolute Gasteiger partial charge is 0.417 e. The van der Waals surface area contributed by atoms with Crippen LogP contribution in [0.4, 0.5) is 28.9 Å². The Labute approximate surface area is 227 Å². The lowest BCUT2D eigenvalue weighted by molar-refractivity contribution is -0.138. The summed E-state index contributed by atoms with van der Waals surface area (Å²) in [6.07, 6.45) is -4.21. The molecule has 2 N–H and O–H groups in total. The number of nitrogens with one attached hydrogen (secondary N) is 2. The molecule has 12 heteroatoms. The van der Waals surface area contributed by atoms with Gasteiger partial charge in [0.25, 0.3) is 5.91 Å². The number of hydrogen-bond donors (Lipinski definition) is 2. The number of carbonyl (C=O) groups excluding carboxylic acids is 1. The lowest BCUT2D eigenvalue weighted by Crippen LogP contribution is -2.55. The maximum absolute atomic E-state index is 15.7. The molecule has 0 bridgehead atoms. The molecule has 40 heavy (non-hydrogen) atoms. The molecule has 1 aromatic heterocycles. The highest BCUT2D eigenvalue weighted by Gasteiger charge is 2.36. The summed E-state index contributed by atoms with van der Waals surface area (Å²) in [7, 11) is 1.98. The van der Waals surface area contributed by atoms with Crippen LogP contribution in [-0.4, -0.2) is 61.2 Å². The van der Waals surface area contributed by atoms with Gasteiger partial charge in [0, 0.05) is 43.0 Å². The first-order chi connectivity index (χ1) is 18.9. The summed E-state index contributed by atoms with van der Waals surface area (Å²) in [5.74, 6) is -0.731. The van der Waals surface area contributed by atoms with E-state index in [4.69, 9.17) is 9.47 Å². The first kappa shape index (κ1) is 27.5. The number of fused-ring (bicyclic) bond motifs is 1. The van der Waals surface area contributed by atoms with Crippen LogP contribution in [0.5, 0.6) is 11.5 Å². The van der Waals surface area contributed by atoms with E-state index in [0.717, 1.165) is 6.20 Å². The summed E-state index contributed by atoms with van der Waals surface area (Å²) >= 11 is 0. The van der Waals surface area contributed by atoms with E-state index in [1.165, 1.54) is 12.1 Å². The number of likely N-dealkylation sites (N-methyl/N-ethyl adjacent to an activating group) is 1. The van der Waals surface area contributed by atoms with Crippen molar-refractivity contribution in [3.63, 3.8) is 0 Å². The Morgan fingerprint density at radius 3 is 2.38 bits per heavy atom. The van der Waals surface area contributed by atoms with Gasteiger partial charge in [-0.25, -0.2) is 4.39 Å². The highest BCUT2D eigenvalue weighted by atomic mass is 19.4. The molecule has 0 spiro atoms. The fourth-order valence-electron chi connectivity index (χ4n) is 5.04. The number of aromatic nitrogens is 1. The maximum atomic E-state index is 15.7. The van der Waals surface area contributed by atoms with Crippen LogP contribution in [0.1, 0.15) is 29.8 Å². The Morgan fingerprint density at radius 2 is 1.70 bits per heavy atom. The molecule has 0 saturated carbocycles. The van der Waals surface area contributed by atoms with Crippen molar-refractivity contribution in [2.45, 2.75) is 32.1 Å². The van der Waals surface area contributed by atoms with Crippen LogP contribution in [0, 0.1) is 5.82 Å². The zero-order chi connectivity index (χ0) is 28.8. The Hall–Kier alpha value is -4.06. The normalized spacial score (nSPS) is 19.4. The molecule has 3 heterocycles. The van der Waals surface area contributed by atoms with E-state index < -0.39 is 34.6 Å². The maximum Gasteiger partial charge on any atom is 0.417 e. The average Bonchev–Trinajstić information content (AvgIpc) is 2.91. The third kappa shape index (κ3) is 5.35. The lowest BCUT2D eigenvalue weighted by atomic mass is 10.0. The summed E-state index contributed by atoms with van der Waals surface area (Å²) in [4.78, 5) is 31.0. The third-order valence-electron chi connectivity index (χ3n) is 7.36. The fourth-order valence-corrected chi connectivity index (χ4v) is 5.04. The number of pyridine rings is 1. The summed E-state index contributed by atoms with van der Waals surface area (Å²) in [5.41, 5.74) is -2.12. The van der Waals surface area contributed by atoms with Gasteiger partial charge in [0.15, 0.2) is 11.5 Å². The van der Waals surface area contributed by atoms with Crippen molar-refractivity contribution in [2.24, 2.45) is 0 Å². The predicted molar refractivity (Wildman–Crippen MR) is 142 cm³/mol. The number of benzene rings is 2. The molecule has 2 aliphatic rings. The molecule has 0 aliphatic carbocycles. The van der Waals surface area contributed by atoms with Gasteiger partial charge in [-0.1, -0.05) is 6.07 Å². The van der Waals surface area contributed by atoms with Crippen molar-refractivity contribution in [1.82, 2.24) is 9.88 Å². The molecule has 212 valence electrons. The Bertz CT molecular complexity index is 1490. The van der Waals surface area contributed by atoms with Gasteiger partial charge in [0.05, 0.1) is 22.5 Å². The zero-order valence-corrected chi connectivity index (χ0v) is 22.1. The minimum absolute atomic E-state index is 0.0869. The number of anilines is 2. The minimum Gasteiger partial charge on any atom is -0.486 e. The molecular weight excluding hydrogens is 532 g/mol. The standard InChI is InChI=1S/C28H28F4N4O4/c1-15-13-36(14-16(2)35(15)3)23-11-21(29)18(17-4-5-24-25(8-17)40-7-6-39-24)9-22(23)34-27(38)19-12-33-26(37)10-20(19)28(30,31)32/h4-5,8-12,15-16H,6-7,13-14H2,1-3H3,(H,33,37)(H,34,38)/t15-,16+. The largest absolute Gasteiger partial charge is 0.486 e. The number of carbonyl (C=O) groups is 1. The number of amides is 1.